The van der Waals surface area contributed by atoms with Gasteiger partial charge in [-0.05, 0) is 60.3 Å². The first-order chi connectivity index (χ1) is 14.1. The van der Waals surface area contributed by atoms with Crippen molar-refractivity contribution >= 4 is 40.9 Å². The molecule has 0 aliphatic heterocycles. The number of hydrogen-bond donors (Lipinski definition) is 3. The number of carbonyl (C=O) groups is 2. The molecule has 0 atom stereocenters. The molecule has 0 aliphatic carbocycles. The Kier molecular flexibility index (Phi) is 6.91. The summed E-state index contributed by atoms with van der Waals surface area (Å²) >= 11 is 5.15. The van der Waals surface area contributed by atoms with E-state index in [9.17, 15) is 9.59 Å². The van der Waals surface area contributed by atoms with E-state index in [1.807, 2.05) is 30.3 Å². The molecule has 0 aliphatic rings. The normalized spacial score (nSPS) is 10.5. The van der Waals surface area contributed by atoms with Crippen molar-refractivity contribution in [3.05, 3.63) is 96.0 Å². The molecule has 1 heterocycles. The molecule has 6 nitrogen and oxygen atoms in total. The standard InChI is InChI=1S/C22H19N3O3S/c26-20(13-8-16-5-2-1-3-6-16)25-22(29)24-18-11-9-17(10-12-18)21(27)23-15-19-7-4-14-28-19/h1-14H,15H2,(H,23,27)(H2,24,25,26,29)/b13-8+. The number of rotatable bonds is 6. The van der Waals surface area contributed by atoms with Crippen molar-refractivity contribution in [1.82, 2.24) is 10.6 Å². The predicted molar refractivity (Wildman–Crippen MR) is 116 cm³/mol. The zero-order chi connectivity index (χ0) is 20.5. The average Bonchev–Trinajstić information content (AvgIpc) is 3.25. The van der Waals surface area contributed by atoms with Crippen molar-refractivity contribution in [2.45, 2.75) is 6.54 Å². The van der Waals surface area contributed by atoms with Crippen LogP contribution in [0.25, 0.3) is 6.08 Å². The largest absolute Gasteiger partial charge is 0.467 e. The van der Waals surface area contributed by atoms with Crippen LogP contribution in [0, 0.1) is 0 Å². The van der Waals surface area contributed by atoms with Crippen LogP contribution in [0.2, 0.25) is 0 Å². The summed E-state index contributed by atoms with van der Waals surface area (Å²) in [7, 11) is 0. The van der Waals surface area contributed by atoms with Gasteiger partial charge in [-0.2, -0.15) is 0 Å². The highest BCUT2D eigenvalue weighted by molar-refractivity contribution is 7.80. The fourth-order valence-corrected chi connectivity index (χ4v) is 2.66. The molecule has 2 amide bonds. The van der Waals surface area contributed by atoms with Gasteiger partial charge in [0, 0.05) is 17.3 Å². The second-order valence-electron chi connectivity index (χ2n) is 6.03. The molecule has 3 aromatic rings. The van der Waals surface area contributed by atoms with E-state index >= 15 is 0 Å². The van der Waals surface area contributed by atoms with Gasteiger partial charge >= 0.3 is 0 Å². The summed E-state index contributed by atoms with van der Waals surface area (Å²) in [5.74, 6) is 0.134. The van der Waals surface area contributed by atoms with Crippen molar-refractivity contribution < 1.29 is 14.0 Å². The van der Waals surface area contributed by atoms with Gasteiger partial charge in [-0.1, -0.05) is 30.3 Å². The molecule has 3 N–H and O–H groups in total. The fraction of sp³-hybridized carbons (Fsp3) is 0.0455. The minimum Gasteiger partial charge on any atom is -0.467 e. The van der Waals surface area contributed by atoms with Crippen molar-refractivity contribution in [2.75, 3.05) is 5.32 Å². The third-order valence-corrected chi connectivity index (χ3v) is 4.08. The fourth-order valence-electron chi connectivity index (χ4n) is 2.44. The number of furan rings is 1. The summed E-state index contributed by atoms with van der Waals surface area (Å²) in [6, 6.07) is 19.8. The number of thiocarbonyl (C=S) groups is 1. The van der Waals surface area contributed by atoms with Gasteiger partial charge in [0.25, 0.3) is 5.91 Å². The monoisotopic (exact) mass is 405 g/mol. The van der Waals surface area contributed by atoms with Crippen molar-refractivity contribution in [2.24, 2.45) is 0 Å². The van der Waals surface area contributed by atoms with Gasteiger partial charge in [-0.3, -0.25) is 14.9 Å². The first-order valence-electron chi connectivity index (χ1n) is 8.86. The van der Waals surface area contributed by atoms with Gasteiger partial charge in [-0.25, -0.2) is 0 Å². The van der Waals surface area contributed by atoms with Crippen molar-refractivity contribution in [1.29, 1.82) is 0 Å². The maximum atomic E-state index is 12.1. The molecule has 0 bridgehead atoms. The Bertz CT molecular complexity index is 998. The summed E-state index contributed by atoms with van der Waals surface area (Å²) in [6.45, 7) is 0.318. The number of benzene rings is 2. The van der Waals surface area contributed by atoms with Gasteiger partial charge < -0.3 is 15.1 Å². The summed E-state index contributed by atoms with van der Waals surface area (Å²) < 4.78 is 5.18. The molecule has 3 rings (SSSR count). The molecule has 0 saturated carbocycles. The number of anilines is 1. The van der Waals surface area contributed by atoms with Gasteiger partial charge in [-0.15, -0.1) is 0 Å². The Hall–Kier alpha value is -3.71. The molecule has 2 aromatic carbocycles. The Morgan fingerprint density at radius 2 is 1.72 bits per heavy atom. The molecule has 1 aromatic heterocycles. The number of amides is 2. The van der Waals surface area contributed by atoms with E-state index in [1.54, 1.807) is 48.7 Å². The van der Waals surface area contributed by atoms with Crippen molar-refractivity contribution in [3.63, 3.8) is 0 Å². The molecule has 0 spiro atoms. The maximum Gasteiger partial charge on any atom is 0.251 e. The lowest BCUT2D eigenvalue weighted by molar-refractivity contribution is -0.115. The lowest BCUT2D eigenvalue weighted by Crippen LogP contribution is -2.32. The zero-order valence-corrected chi connectivity index (χ0v) is 16.2. The first-order valence-corrected chi connectivity index (χ1v) is 9.27. The average molecular weight is 405 g/mol. The Morgan fingerprint density at radius 3 is 2.41 bits per heavy atom. The Balaban J connectivity index is 1.47. The zero-order valence-electron chi connectivity index (χ0n) is 15.4. The molecule has 0 radical (unpaired) electrons. The highest BCUT2D eigenvalue weighted by Crippen LogP contribution is 2.10. The minimum absolute atomic E-state index is 0.169. The van der Waals surface area contributed by atoms with Crippen LogP contribution < -0.4 is 16.0 Å². The van der Waals surface area contributed by atoms with Gasteiger partial charge in [0.1, 0.15) is 5.76 Å². The van der Waals surface area contributed by atoms with Crippen LogP contribution in [-0.2, 0) is 11.3 Å². The number of nitrogens with one attached hydrogen (secondary N) is 3. The topological polar surface area (TPSA) is 83.4 Å². The van der Waals surface area contributed by atoms with E-state index in [0.717, 1.165) is 5.56 Å². The maximum absolute atomic E-state index is 12.1. The highest BCUT2D eigenvalue weighted by Gasteiger charge is 2.07. The summed E-state index contributed by atoms with van der Waals surface area (Å²) in [4.78, 5) is 24.1. The van der Waals surface area contributed by atoms with E-state index in [1.165, 1.54) is 6.08 Å². The molecular weight excluding hydrogens is 386 g/mol. The minimum atomic E-state index is -0.333. The smallest absolute Gasteiger partial charge is 0.251 e. The lowest BCUT2D eigenvalue weighted by atomic mass is 10.2. The second kappa shape index (κ2) is 10.0. The van der Waals surface area contributed by atoms with Crippen LogP contribution in [0.3, 0.4) is 0 Å². The molecular formula is C22H19N3O3S. The van der Waals surface area contributed by atoms with Crippen LogP contribution in [-0.4, -0.2) is 16.9 Å². The lowest BCUT2D eigenvalue weighted by Gasteiger charge is -2.09. The molecule has 0 unspecified atom stereocenters. The summed E-state index contributed by atoms with van der Waals surface area (Å²) in [6.07, 6.45) is 4.67. The number of hydrogen-bond acceptors (Lipinski definition) is 4. The first kappa shape index (κ1) is 20.0. The van der Waals surface area contributed by atoms with Gasteiger partial charge in [0.05, 0.1) is 12.8 Å². The SMILES string of the molecule is O=C(/C=C/c1ccccc1)NC(=S)Nc1ccc(C(=O)NCc2ccco2)cc1. The van der Waals surface area contributed by atoms with E-state index < -0.39 is 0 Å². The van der Waals surface area contributed by atoms with Crippen molar-refractivity contribution in [3.8, 4) is 0 Å². The second-order valence-corrected chi connectivity index (χ2v) is 6.44. The van der Waals surface area contributed by atoms with Crippen LogP contribution >= 0.6 is 12.2 Å². The number of carbonyl (C=O) groups excluding carboxylic acids is 2. The van der Waals surface area contributed by atoms with Gasteiger partial charge in [0.2, 0.25) is 5.91 Å². The third kappa shape index (κ3) is 6.44. The molecule has 7 heteroatoms. The van der Waals surface area contributed by atoms with E-state index in [0.29, 0.717) is 23.6 Å². The quantitative estimate of drug-likeness (QED) is 0.430. The summed E-state index contributed by atoms with van der Waals surface area (Å²) in [5, 5.41) is 8.43. The highest BCUT2D eigenvalue weighted by atomic mass is 32.1. The van der Waals surface area contributed by atoms with Gasteiger partial charge in [0.15, 0.2) is 5.11 Å². The van der Waals surface area contributed by atoms with Crippen LogP contribution in [0.15, 0.2) is 83.5 Å². The predicted octanol–water partition coefficient (Wildman–Crippen LogP) is 3.74. The van der Waals surface area contributed by atoms with Crippen LogP contribution in [0.4, 0.5) is 5.69 Å². The Morgan fingerprint density at radius 1 is 0.966 bits per heavy atom. The van der Waals surface area contributed by atoms with E-state index in [-0.39, 0.29) is 16.9 Å². The molecule has 0 saturated heterocycles. The third-order valence-electron chi connectivity index (χ3n) is 3.87. The molecule has 0 fully saturated rings. The van der Waals surface area contributed by atoms with Crippen LogP contribution in [0.1, 0.15) is 21.7 Å². The van der Waals surface area contributed by atoms with E-state index in [4.69, 9.17) is 16.6 Å². The summed E-state index contributed by atoms with van der Waals surface area (Å²) in [5.41, 5.74) is 2.08. The Labute approximate surface area is 173 Å². The van der Waals surface area contributed by atoms with E-state index in [2.05, 4.69) is 16.0 Å². The molecule has 146 valence electrons. The van der Waals surface area contributed by atoms with Crippen LogP contribution in [0.5, 0.6) is 0 Å². The molecule has 29 heavy (non-hydrogen) atoms.